The Balaban J connectivity index is 1.93. The quantitative estimate of drug-likeness (QED) is 0.705. The van der Waals surface area contributed by atoms with E-state index < -0.39 is 0 Å². The minimum absolute atomic E-state index is 0.124. The van der Waals surface area contributed by atoms with Crippen molar-refractivity contribution in [3.05, 3.63) is 35.6 Å². The van der Waals surface area contributed by atoms with E-state index in [1.165, 1.54) is 38.2 Å². The Bertz CT molecular complexity index is 331. The summed E-state index contributed by atoms with van der Waals surface area (Å²) in [5.41, 5.74) is 1.10. The van der Waals surface area contributed by atoms with Gasteiger partial charge in [0.25, 0.3) is 0 Å². The molecule has 0 heterocycles. The number of alkyl halides is 1. The van der Waals surface area contributed by atoms with E-state index in [0.717, 1.165) is 17.9 Å². The Labute approximate surface area is 105 Å². The van der Waals surface area contributed by atoms with Crippen molar-refractivity contribution in [2.45, 2.75) is 43.4 Å². The fourth-order valence-electron chi connectivity index (χ4n) is 2.55. The summed E-state index contributed by atoms with van der Waals surface area (Å²) in [6, 6.07) is 6.97. The third kappa shape index (κ3) is 3.31. The summed E-state index contributed by atoms with van der Waals surface area (Å²) in [6.07, 6.45) is 7.70. The van der Waals surface area contributed by atoms with Crippen molar-refractivity contribution >= 4 is 15.9 Å². The van der Waals surface area contributed by atoms with Crippen LogP contribution in [0.5, 0.6) is 0 Å². The van der Waals surface area contributed by atoms with Gasteiger partial charge < -0.3 is 0 Å². The second kappa shape index (κ2) is 5.81. The summed E-state index contributed by atoms with van der Waals surface area (Å²) in [5, 5.41) is 0. The number of hydrogen-bond acceptors (Lipinski definition) is 0. The summed E-state index contributed by atoms with van der Waals surface area (Å²) in [5.74, 6) is 0.651. The van der Waals surface area contributed by atoms with Crippen LogP contribution in [-0.2, 0) is 6.42 Å². The first kappa shape index (κ1) is 12.1. The van der Waals surface area contributed by atoms with Gasteiger partial charge in [-0.2, -0.15) is 0 Å². The molecule has 1 fully saturated rings. The molecule has 2 rings (SSSR count). The molecule has 0 aliphatic heterocycles. The molecular formula is C14H18BrF. The number of rotatable bonds is 3. The number of benzene rings is 1. The normalized spacial score (nSPS) is 19.6. The molecule has 88 valence electrons. The first-order chi connectivity index (χ1) is 7.75. The lowest BCUT2D eigenvalue weighted by Crippen LogP contribution is -2.19. The summed E-state index contributed by atoms with van der Waals surface area (Å²) < 4.78 is 13.0. The van der Waals surface area contributed by atoms with E-state index in [1.807, 2.05) is 6.07 Å². The van der Waals surface area contributed by atoms with Gasteiger partial charge in [0, 0.05) is 4.83 Å². The lowest BCUT2D eigenvalue weighted by atomic mass is 9.85. The fourth-order valence-corrected chi connectivity index (χ4v) is 3.45. The molecule has 1 atom stereocenters. The molecule has 0 N–H and O–H groups in total. The molecule has 0 aromatic heterocycles. The van der Waals surface area contributed by atoms with Crippen molar-refractivity contribution < 1.29 is 4.39 Å². The third-order valence-corrected chi connectivity index (χ3v) is 4.55. The standard InChI is InChI=1S/C14H18BrF/c15-14(12-6-2-1-3-7-12)10-11-5-4-8-13(16)9-11/h4-5,8-9,12,14H,1-3,6-7,10H2. The van der Waals surface area contributed by atoms with Crippen LogP contribution in [0.4, 0.5) is 4.39 Å². The van der Waals surface area contributed by atoms with Crippen molar-refractivity contribution in [1.29, 1.82) is 0 Å². The van der Waals surface area contributed by atoms with Crippen LogP contribution in [0, 0.1) is 11.7 Å². The van der Waals surface area contributed by atoms with Gasteiger partial charge >= 0.3 is 0 Å². The first-order valence-electron chi connectivity index (χ1n) is 6.14. The van der Waals surface area contributed by atoms with Crippen LogP contribution in [-0.4, -0.2) is 4.83 Å². The Morgan fingerprint density at radius 2 is 2.00 bits per heavy atom. The number of hydrogen-bond donors (Lipinski definition) is 0. The zero-order chi connectivity index (χ0) is 11.4. The van der Waals surface area contributed by atoms with E-state index in [9.17, 15) is 4.39 Å². The molecule has 0 saturated heterocycles. The summed E-state index contributed by atoms with van der Waals surface area (Å²) in [7, 11) is 0. The Morgan fingerprint density at radius 1 is 1.25 bits per heavy atom. The average Bonchev–Trinajstić information content (AvgIpc) is 2.30. The van der Waals surface area contributed by atoms with Crippen LogP contribution in [0.2, 0.25) is 0 Å². The maximum atomic E-state index is 13.0. The van der Waals surface area contributed by atoms with Crippen LogP contribution in [0.15, 0.2) is 24.3 Å². The fraction of sp³-hybridized carbons (Fsp3) is 0.571. The van der Waals surface area contributed by atoms with Gasteiger partial charge in [0.05, 0.1) is 0 Å². The maximum Gasteiger partial charge on any atom is 0.123 e. The van der Waals surface area contributed by atoms with Gasteiger partial charge in [-0.25, -0.2) is 4.39 Å². The highest BCUT2D eigenvalue weighted by atomic mass is 79.9. The van der Waals surface area contributed by atoms with Crippen LogP contribution in [0.25, 0.3) is 0 Å². The van der Waals surface area contributed by atoms with Crippen molar-refractivity contribution in [3.8, 4) is 0 Å². The highest BCUT2D eigenvalue weighted by Gasteiger charge is 2.21. The second-order valence-electron chi connectivity index (χ2n) is 4.75. The average molecular weight is 285 g/mol. The topological polar surface area (TPSA) is 0 Å². The van der Waals surface area contributed by atoms with Gasteiger partial charge in [0.2, 0.25) is 0 Å². The zero-order valence-corrected chi connectivity index (χ0v) is 11.0. The van der Waals surface area contributed by atoms with E-state index in [-0.39, 0.29) is 5.82 Å². The van der Waals surface area contributed by atoms with Crippen molar-refractivity contribution in [3.63, 3.8) is 0 Å². The van der Waals surface area contributed by atoms with Crippen LogP contribution < -0.4 is 0 Å². The predicted octanol–water partition coefficient (Wildman–Crippen LogP) is 4.71. The predicted molar refractivity (Wildman–Crippen MR) is 69.4 cm³/mol. The minimum Gasteiger partial charge on any atom is -0.207 e. The van der Waals surface area contributed by atoms with E-state index in [1.54, 1.807) is 12.1 Å². The Hall–Kier alpha value is -0.370. The molecule has 1 aliphatic carbocycles. The van der Waals surface area contributed by atoms with E-state index >= 15 is 0 Å². The van der Waals surface area contributed by atoms with Crippen molar-refractivity contribution in [2.75, 3.05) is 0 Å². The summed E-state index contributed by atoms with van der Waals surface area (Å²) in [6.45, 7) is 0. The van der Waals surface area contributed by atoms with Gasteiger partial charge in [0.1, 0.15) is 5.82 Å². The van der Waals surface area contributed by atoms with Crippen LogP contribution in [0.1, 0.15) is 37.7 Å². The lowest BCUT2D eigenvalue weighted by Gasteiger charge is -2.26. The summed E-state index contributed by atoms with van der Waals surface area (Å²) >= 11 is 3.78. The zero-order valence-electron chi connectivity index (χ0n) is 9.46. The molecule has 16 heavy (non-hydrogen) atoms. The Kier molecular flexibility index (Phi) is 4.39. The molecule has 1 unspecified atom stereocenters. The largest absolute Gasteiger partial charge is 0.207 e. The highest BCUT2D eigenvalue weighted by Crippen LogP contribution is 2.31. The molecule has 1 aromatic rings. The minimum atomic E-state index is -0.124. The monoisotopic (exact) mass is 284 g/mol. The Morgan fingerprint density at radius 3 is 2.69 bits per heavy atom. The van der Waals surface area contributed by atoms with Gasteiger partial charge in [-0.3, -0.25) is 0 Å². The van der Waals surface area contributed by atoms with Gasteiger partial charge in [0.15, 0.2) is 0 Å². The van der Waals surface area contributed by atoms with Gasteiger partial charge in [-0.1, -0.05) is 47.3 Å². The van der Waals surface area contributed by atoms with Gasteiger partial charge in [-0.15, -0.1) is 0 Å². The van der Waals surface area contributed by atoms with E-state index in [0.29, 0.717) is 4.83 Å². The van der Waals surface area contributed by atoms with Crippen LogP contribution in [0.3, 0.4) is 0 Å². The molecular weight excluding hydrogens is 267 g/mol. The summed E-state index contributed by atoms with van der Waals surface area (Å²) in [4.78, 5) is 0.509. The molecule has 1 saturated carbocycles. The lowest BCUT2D eigenvalue weighted by molar-refractivity contribution is 0.350. The molecule has 0 nitrogen and oxygen atoms in total. The highest BCUT2D eigenvalue weighted by molar-refractivity contribution is 9.09. The molecule has 0 radical (unpaired) electrons. The van der Waals surface area contributed by atoms with Crippen molar-refractivity contribution in [1.82, 2.24) is 0 Å². The maximum absolute atomic E-state index is 13.0. The molecule has 2 heteroatoms. The van der Waals surface area contributed by atoms with Crippen molar-refractivity contribution in [2.24, 2.45) is 5.92 Å². The first-order valence-corrected chi connectivity index (χ1v) is 7.06. The van der Waals surface area contributed by atoms with Crippen LogP contribution >= 0.6 is 15.9 Å². The smallest absolute Gasteiger partial charge is 0.123 e. The number of halogens is 2. The SMILES string of the molecule is Fc1cccc(CC(Br)C2CCCCC2)c1. The van der Waals surface area contributed by atoms with E-state index in [2.05, 4.69) is 15.9 Å². The molecule has 0 amide bonds. The van der Waals surface area contributed by atoms with Gasteiger partial charge in [-0.05, 0) is 42.9 Å². The molecule has 0 bridgehead atoms. The third-order valence-electron chi connectivity index (χ3n) is 3.48. The molecule has 1 aromatic carbocycles. The van der Waals surface area contributed by atoms with E-state index in [4.69, 9.17) is 0 Å². The molecule has 0 spiro atoms. The second-order valence-corrected chi connectivity index (χ2v) is 5.92. The molecule has 1 aliphatic rings.